The minimum Gasteiger partial charge on any atom is -0.497 e. The molecule has 4 heterocycles. The highest BCUT2D eigenvalue weighted by molar-refractivity contribution is 5.94. The Labute approximate surface area is 176 Å². The molecule has 7 nitrogen and oxygen atoms in total. The first-order valence-electron chi connectivity index (χ1n) is 10.7. The van der Waals surface area contributed by atoms with Crippen molar-refractivity contribution in [2.75, 3.05) is 31.6 Å². The van der Waals surface area contributed by atoms with Crippen LogP contribution >= 0.6 is 0 Å². The molecule has 0 radical (unpaired) electrons. The third kappa shape index (κ3) is 3.38. The summed E-state index contributed by atoms with van der Waals surface area (Å²) in [6.45, 7) is 5.48. The van der Waals surface area contributed by atoms with Gasteiger partial charge < -0.3 is 19.5 Å². The van der Waals surface area contributed by atoms with Gasteiger partial charge in [-0.25, -0.2) is 9.97 Å². The number of carbonyl (C=O) groups is 1. The Kier molecular flexibility index (Phi) is 4.81. The average molecular weight is 406 g/mol. The van der Waals surface area contributed by atoms with Crippen LogP contribution in [0.25, 0.3) is 10.9 Å². The second kappa shape index (κ2) is 7.63. The molecule has 3 aromatic rings. The monoisotopic (exact) mass is 405 g/mol. The highest BCUT2D eigenvalue weighted by Crippen LogP contribution is 2.31. The fourth-order valence-electron chi connectivity index (χ4n) is 4.64. The van der Waals surface area contributed by atoms with Crippen molar-refractivity contribution in [3.05, 3.63) is 47.4 Å². The van der Waals surface area contributed by atoms with E-state index in [2.05, 4.69) is 26.8 Å². The molecule has 0 spiro atoms. The molecule has 1 fully saturated rings. The van der Waals surface area contributed by atoms with Crippen molar-refractivity contribution < 1.29 is 9.53 Å². The zero-order valence-electron chi connectivity index (χ0n) is 17.5. The minimum atomic E-state index is -0.0172. The van der Waals surface area contributed by atoms with Gasteiger partial charge in [-0.1, -0.05) is 6.92 Å². The number of benzene rings is 1. The summed E-state index contributed by atoms with van der Waals surface area (Å²) in [6, 6.07) is 6.03. The van der Waals surface area contributed by atoms with E-state index in [1.807, 2.05) is 23.1 Å². The SMILES string of the molecule is COc1ccc2[nH]c3c(c2c1)CN(C(=O)c1cnc(N2CCC[C@@H](C)C2)nc1)CC3. The molecular formula is C23H27N5O2. The largest absolute Gasteiger partial charge is 0.497 e. The molecule has 0 saturated carbocycles. The fourth-order valence-corrected chi connectivity index (χ4v) is 4.64. The van der Waals surface area contributed by atoms with Crippen LogP contribution in [-0.4, -0.2) is 52.5 Å². The van der Waals surface area contributed by atoms with Crippen LogP contribution in [0.2, 0.25) is 0 Å². The van der Waals surface area contributed by atoms with E-state index in [0.29, 0.717) is 24.6 Å². The molecule has 0 bridgehead atoms. The number of rotatable bonds is 3. The number of hydrogen-bond acceptors (Lipinski definition) is 5. The zero-order chi connectivity index (χ0) is 20.7. The first-order chi connectivity index (χ1) is 14.6. The summed E-state index contributed by atoms with van der Waals surface area (Å²) < 4.78 is 5.38. The first-order valence-corrected chi connectivity index (χ1v) is 10.7. The van der Waals surface area contributed by atoms with Gasteiger partial charge in [-0.3, -0.25) is 4.79 Å². The lowest BCUT2D eigenvalue weighted by atomic mass is 10.0. The standard InChI is InChI=1S/C23H27N5O2/c1-15-4-3-8-28(13-15)23-24-11-16(12-25-23)22(29)27-9-7-21-19(14-27)18-10-17(30-2)5-6-20(18)26-21/h5-6,10-12,15,26H,3-4,7-9,13-14H2,1-2H3/t15-/m1/s1. The lowest BCUT2D eigenvalue weighted by Gasteiger charge is -2.31. The second-order valence-corrected chi connectivity index (χ2v) is 8.44. The molecule has 1 aromatic carbocycles. The zero-order valence-corrected chi connectivity index (χ0v) is 17.5. The molecule has 156 valence electrons. The maximum Gasteiger partial charge on any atom is 0.257 e. The molecule has 1 saturated heterocycles. The van der Waals surface area contributed by atoms with Gasteiger partial charge in [-0.15, -0.1) is 0 Å². The Bertz CT molecular complexity index is 1080. The van der Waals surface area contributed by atoms with Crippen molar-refractivity contribution in [2.45, 2.75) is 32.7 Å². The Morgan fingerprint density at radius 2 is 2.07 bits per heavy atom. The lowest BCUT2D eigenvalue weighted by molar-refractivity contribution is 0.0734. The van der Waals surface area contributed by atoms with Crippen molar-refractivity contribution in [2.24, 2.45) is 5.92 Å². The van der Waals surface area contributed by atoms with Gasteiger partial charge in [0, 0.05) is 67.2 Å². The number of aromatic amines is 1. The number of nitrogens with one attached hydrogen (secondary N) is 1. The average Bonchev–Trinajstić information content (AvgIpc) is 3.15. The number of ether oxygens (including phenoxy) is 1. The van der Waals surface area contributed by atoms with Crippen molar-refractivity contribution in [1.29, 1.82) is 0 Å². The normalized spacial score (nSPS) is 19.1. The Balaban J connectivity index is 1.35. The van der Waals surface area contributed by atoms with E-state index < -0.39 is 0 Å². The Morgan fingerprint density at radius 1 is 1.23 bits per heavy atom. The predicted octanol–water partition coefficient (Wildman–Crippen LogP) is 3.40. The third-order valence-corrected chi connectivity index (χ3v) is 6.29. The van der Waals surface area contributed by atoms with E-state index in [0.717, 1.165) is 48.5 Å². The molecular weight excluding hydrogens is 378 g/mol. The van der Waals surface area contributed by atoms with Crippen LogP contribution < -0.4 is 9.64 Å². The number of amides is 1. The smallest absolute Gasteiger partial charge is 0.257 e. The van der Waals surface area contributed by atoms with E-state index >= 15 is 0 Å². The molecule has 0 aliphatic carbocycles. The number of fused-ring (bicyclic) bond motifs is 3. The number of piperidine rings is 1. The van der Waals surface area contributed by atoms with E-state index in [-0.39, 0.29) is 5.91 Å². The summed E-state index contributed by atoms with van der Waals surface area (Å²) >= 11 is 0. The number of hydrogen-bond donors (Lipinski definition) is 1. The summed E-state index contributed by atoms with van der Waals surface area (Å²) in [5.74, 6) is 2.18. The third-order valence-electron chi connectivity index (χ3n) is 6.29. The van der Waals surface area contributed by atoms with E-state index in [9.17, 15) is 4.79 Å². The van der Waals surface area contributed by atoms with Gasteiger partial charge in [0.15, 0.2) is 0 Å². The fraction of sp³-hybridized carbons (Fsp3) is 0.435. The van der Waals surface area contributed by atoms with Gasteiger partial charge in [-0.05, 0) is 37.0 Å². The molecule has 1 N–H and O–H groups in total. The van der Waals surface area contributed by atoms with Crippen LogP contribution in [0, 0.1) is 5.92 Å². The quantitative estimate of drug-likeness (QED) is 0.723. The van der Waals surface area contributed by atoms with Crippen LogP contribution in [0.3, 0.4) is 0 Å². The highest BCUT2D eigenvalue weighted by atomic mass is 16.5. The number of carbonyl (C=O) groups excluding carboxylic acids is 1. The molecule has 2 aliphatic rings. The van der Waals surface area contributed by atoms with Gasteiger partial charge in [0.1, 0.15) is 5.75 Å². The minimum absolute atomic E-state index is 0.0172. The molecule has 30 heavy (non-hydrogen) atoms. The molecule has 2 aromatic heterocycles. The number of aromatic nitrogens is 3. The van der Waals surface area contributed by atoms with Gasteiger partial charge >= 0.3 is 0 Å². The summed E-state index contributed by atoms with van der Waals surface area (Å²) in [6.07, 6.45) is 6.58. The highest BCUT2D eigenvalue weighted by Gasteiger charge is 2.26. The Morgan fingerprint density at radius 3 is 2.83 bits per heavy atom. The Hall–Kier alpha value is -3.09. The number of H-pyrrole nitrogens is 1. The van der Waals surface area contributed by atoms with Gasteiger partial charge in [0.05, 0.1) is 12.7 Å². The maximum atomic E-state index is 13.1. The molecule has 2 aliphatic heterocycles. The molecule has 0 unspecified atom stereocenters. The van der Waals surface area contributed by atoms with Crippen molar-refractivity contribution in [3.8, 4) is 5.75 Å². The second-order valence-electron chi connectivity index (χ2n) is 8.44. The maximum absolute atomic E-state index is 13.1. The van der Waals surface area contributed by atoms with Crippen LogP contribution in [0.15, 0.2) is 30.6 Å². The van der Waals surface area contributed by atoms with E-state index in [4.69, 9.17) is 4.74 Å². The molecule has 1 amide bonds. The van der Waals surface area contributed by atoms with E-state index in [1.54, 1.807) is 19.5 Å². The van der Waals surface area contributed by atoms with Gasteiger partial charge in [-0.2, -0.15) is 0 Å². The van der Waals surface area contributed by atoms with Crippen LogP contribution in [-0.2, 0) is 13.0 Å². The molecule has 5 rings (SSSR count). The number of anilines is 1. The van der Waals surface area contributed by atoms with Crippen LogP contribution in [0.5, 0.6) is 5.75 Å². The van der Waals surface area contributed by atoms with Crippen molar-refractivity contribution in [3.63, 3.8) is 0 Å². The number of nitrogens with zero attached hydrogens (tertiary/aromatic N) is 4. The van der Waals surface area contributed by atoms with Crippen LogP contribution in [0.4, 0.5) is 5.95 Å². The topological polar surface area (TPSA) is 74.3 Å². The summed E-state index contributed by atoms with van der Waals surface area (Å²) in [5, 5.41) is 1.12. The molecule has 7 heteroatoms. The van der Waals surface area contributed by atoms with Crippen molar-refractivity contribution >= 4 is 22.8 Å². The number of methoxy groups -OCH3 is 1. The summed E-state index contributed by atoms with van der Waals surface area (Å²) in [5.41, 5.74) is 4.00. The predicted molar refractivity (Wildman–Crippen MR) is 116 cm³/mol. The summed E-state index contributed by atoms with van der Waals surface area (Å²) in [7, 11) is 1.67. The van der Waals surface area contributed by atoms with Crippen molar-refractivity contribution in [1.82, 2.24) is 19.9 Å². The van der Waals surface area contributed by atoms with Crippen LogP contribution in [0.1, 0.15) is 41.4 Å². The van der Waals surface area contributed by atoms with Gasteiger partial charge in [0.25, 0.3) is 5.91 Å². The summed E-state index contributed by atoms with van der Waals surface area (Å²) in [4.78, 5) is 29.7. The first kappa shape index (κ1) is 18.9. The molecule has 1 atom stereocenters. The van der Waals surface area contributed by atoms with Gasteiger partial charge in [0.2, 0.25) is 5.95 Å². The van der Waals surface area contributed by atoms with E-state index in [1.165, 1.54) is 17.7 Å². The lowest BCUT2D eigenvalue weighted by Crippen LogP contribution is -2.37.